The Morgan fingerprint density at radius 3 is 2.44 bits per heavy atom. The van der Waals surface area contributed by atoms with Gasteiger partial charge in [0.05, 0.1) is 5.56 Å². The van der Waals surface area contributed by atoms with E-state index in [1.807, 2.05) is 6.92 Å². The summed E-state index contributed by atoms with van der Waals surface area (Å²) in [6, 6.07) is 3.34. The fourth-order valence-electron chi connectivity index (χ4n) is 1.56. The van der Waals surface area contributed by atoms with E-state index in [9.17, 15) is 13.6 Å². The lowest BCUT2D eigenvalue weighted by molar-refractivity contribution is 0.0963. The summed E-state index contributed by atoms with van der Waals surface area (Å²) in [5, 5.41) is 3.02. The lowest BCUT2D eigenvalue weighted by atomic mass is 10.0. The van der Waals surface area contributed by atoms with Gasteiger partial charge >= 0.3 is 0 Å². The minimum absolute atomic E-state index is 0.0866. The Morgan fingerprint density at radius 1 is 1.38 bits per heavy atom. The van der Waals surface area contributed by atoms with Crippen LogP contribution >= 0.6 is 0 Å². The SMILES string of the molecule is CCNC(C)CC(=O)c1c(F)cccc1F. The molecule has 1 aromatic carbocycles. The number of hydrogen-bond donors (Lipinski definition) is 1. The van der Waals surface area contributed by atoms with Gasteiger partial charge in [0.2, 0.25) is 0 Å². The van der Waals surface area contributed by atoms with Gasteiger partial charge in [-0.2, -0.15) is 0 Å². The van der Waals surface area contributed by atoms with E-state index in [2.05, 4.69) is 5.32 Å². The second kappa shape index (κ2) is 5.70. The van der Waals surface area contributed by atoms with E-state index in [1.165, 1.54) is 6.07 Å². The van der Waals surface area contributed by atoms with E-state index in [4.69, 9.17) is 0 Å². The van der Waals surface area contributed by atoms with Crippen LogP contribution in [0.3, 0.4) is 0 Å². The molecule has 1 unspecified atom stereocenters. The van der Waals surface area contributed by atoms with Crippen LogP contribution in [0.25, 0.3) is 0 Å². The Bertz CT molecular complexity index is 359. The fourth-order valence-corrected chi connectivity index (χ4v) is 1.56. The highest BCUT2D eigenvalue weighted by Crippen LogP contribution is 2.15. The van der Waals surface area contributed by atoms with Crippen molar-refractivity contribution in [2.75, 3.05) is 6.54 Å². The Kier molecular flexibility index (Phi) is 4.55. The first-order chi connectivity index (χ1) is 7.56. The van der Waals surface area contributed by atoms with E-state index < -0.39 is 23.0 Å². The van der Waals surface area contributed by atoms with Crippen LogP contribution in [0.2, 0.25) is 0 Å². The van der Waals surface area contributed by atoms with E-state index in [1.54, 1.807) is 6.92 Å². The summed E-state index contributed by atoms with van der Waals surface area (Å²) in [7, 11) is 0. The minimum atomic E-state index is -0.798. The van der Waals surface area contributed by atoms with Crippen molar-refractivity contribution in [2.24, 2.45) is 0 Å². The van der Waals surface area contributed by atoms with Gasteiger partial charge in [-0.1, -0.05) is 13.0 Å². The molecule has 0 amide bonds. The minimum Gasteiger partial charge on any atom is -0.314 e. The lowest BCUT2D eigenvalue weighted by Crippen LogP contribution is -2.28. The molecule has 0 heterocycles. The van der Waals surface area contributed by atoms with Crippen molar-refractivity contribution >= 4 is 5.78 Å². The molecule has 16 heavy (non-hydrogen) atoms. The lowest BCUT2D eigenvalue weighted by Gasteiger charge is -2.11. The van der Waals surface area contributed by atoms with E-state index in [0.29, 0.717) is 6.54 Å². The Labute approximate surface area is 93.7 Å². The molecular weight excluding hydrogens is 212 g/mol. The maximum Gasteiger partial charge on any atom is 0.170 e. The first kappa shape index (κ1) is 12.8. The summed E-state index contributed by atoms with van der Waals surface area (Å²) in [5.74, 6) is -2.11. The van der Waals surface area contributed by atoms with Crippen LogP contribution in [0.15, 0.2) is 18.2 Å². The number of hydrogen-bond acceptors (Lipinski definition) is 2. The molecule has 4 heteroatoms. The molecule has 1 aromatic rings. The van der Waals surface area contributed by atoms with Gasteiger partial charge in [-0.15, -0.1) is 0 Å². The normalized spacial score (nSPS) is 12.5. The summed E-state index contributed by atoms with van der Waals surface area (Å²) in [5.41, 5.74) is -0.438. The van der Waals surface area contributed by atoms with Gasteiger partial charge in [0.1, 0.15) is 11.6 Å². The number of Topliss-reactive ketones (excluding diaryl/α,β-unsaturated/α-hetero) is 1. The van der Waals surface area contributed by atoms with Gasteiger partial charge < -0.3 is 5.32 Å². The van der Waals surface area contributed by atoms with E-state index in [-0.39, 0.29) is 12.5 Å². The number of carbonyl (C=O) groups excluding carboxylic acids is 1. The van der Waals surface area contributed by atoms with Crippen LogP contribution in [0.4, 0.5) is 8.78 Å². The number of carbonyl (C=O) groups is 1. The third kappa shape index (κ3) is 3.10. The third-order valence-electron chi connectivity index (χ3n) is 2.29. The second-order valence-corrected chi connectivity index (χ2v) is 3.68. The summed E-state index contributed by atoms with van der Waals surface area (Å²) < 4.78 is 26.5. The zero-order chi connectivity index (χ0) is 12.1. The topological polar surface area (TPSA) is 29.1 Å². The number of halogens is 2. The average Bonchev–Trinajstić information content (AvgIpc) is 2.17. The first-order valence-corrected chi connectivity index (χ1v) is 5.26. The van der Waals surface area contributed by atoms with Crippen molar-refractivity contribution < 1.29 is 13.6 Å². The number of ketones is 1. The predicted molar refractivity (Wildman–Crippen MR) is 58.4 cm³/mol. The first-order valence-electron chi connectivity index (χ1n) is 5.26. The van der Waals surface area contributed by atoms with Crippen molar-refractivity contribution in [3.05, 3.63) is 35.4 Å². The van der Waals surface area contributed by atoms with Crippen LogP contribution in [0.5, 0.6) is 0 Å². The summed E-state index contributed by atoms with van der Waals surface area (Å²) in [6.07, 6.45) is 0.0890. The second-order valence-electron chi connectivity index (χ2n) is 3.68. The molecule has 0 saturated carbocycles. The third-order valence-corrected chi connectivity index (χ3v) is 2.29. The summed E-state index contributed by atoms with van der Waals surface area (Å²) in [6.45, 7) is 4.43. The molecular formula is C12H15F2NO. The maximum atomic E-state index is 13.3. The van der Waals surface area contributed by atoms with Crippen LogP contribution in [-0.2, 0) is 0 Å². The molecule has 0 bridgehead atoms. The molecule has 0 saturated heterocycles. The zero-order valence-corrected chi connectivity index (χ0v) is 9.39. The average molecular weight is 227 g/mol. The molecule has 0 aliphatic heterocycles. The molecule has 0 aliphatic rings. The van der Waals surface area contributed by atoms with Gasteiger partial charge in [-0.3, -0.25) is 4.79 Å². The molecule has 1 N–H and O–H groups in total. The molecule has 1 atom stereocenters. The number of nitrogens with one attached hydrogen (secondary N) is 1. The molecule has 1 rings (SSSR count). The highest BCUT2D eigenvalue weighted by molar-refractivity contribution is 5.96. The maximum absolute atomic E-state index is 13.3. The summed E-state index contributed by atoms with van der Waals surface area (Å²) in [4.78, 5) is 11.7. The van der Waals surface area contributed by atoms with Gasteiger partial charge in [0.25, 0.3) is 0 Å². The standard InChI is InChI=1S/C12H15F2NO/c1-3-15-8(2)7-11(16)12-9(13)5-4-6-10(12)14/h4-6,8,15H,3,7H2,1-2H3. The van der Waals surface area contributed by atoms with Gasteiger partial charge in [0, 0.05) is 12.5 Å². The fraction of sp³-hybridized carbons (Fsp3) is 0.417. The number of benzene rings is 1. The van der Waals surface area contributed by atoms with Crippen LogP contribution < -0.4 is 5.32 Å². The molecule has 0 fully saturated rings. The molecule has 0 aromatic heterocycles. The molecule has 88 valence electrons. The van der Waals surface area contributed by atoms with E-state index >= 15 is 0 Å². The zero-order valence-electron chi connectivity index (χ0n) is 9.39. The van der Waals surface area contributed by atoms with Crippen molar-refractivity contribution in [1.29, 1.82) is 0 Å². The van der Waals surface area contributed by atoms with E-state index in [0.717, 1.165) is 12.1 Å². The monoisotopic (exact) mass is 227 g/mol. The molecule has 0 radical (unpaired) electrons. The largest absolute Gasteiger partial charge is 0.314 e. The highest BCUT2D eigenvalue weighted by Gasteiger charge is 2.18. The highest BCUT2D eigenvalue weighted by atomic mass is 19.1. The summed E-state index contributed by atoms with van der Waals surface area (Å²) >= 11 is 0. The van der Waals surface area contributed by atoms with Crippen molar-refractivity contribution in [3.8, 4) is 0 Å². The quantitative estimate of drug-likeness (QED) is 0.783. The smallest absolute Gasteiger partial charge is 0.170 e. The van der Waals surface area contributed by atoms with Gasteiger partial charge in [-0.05, 0) is 25.6 Å². The van der Waals surface area contributed by atoms with Crippen molar-refractivity contribution in [3.63, 3.8) is 0 Å². The van der Waals surface area contributed by atoms with Crippen LogP contribution in [-0.4, -0.2) is 18.4 Å². The Morgan fingerprint density at radius 2 is 1.94 bits per heavy atom. The van der Waals surface area contributed by atoms with Gasteiger partial charge in [-0.25, -0.2) is 8.78 Å². The van der Waals surface area contributed by atoms with Gasteiger partial charge in [0.15, 0.2) is 5.78 Å². The van der Waals surface area contributed by atoms with Crippen molar-refractivity contribution in [2.45, 2.75) is 26.3 Å². The predicted octanol–water partition coefficient (Wildman–Crippen LogP) is 2.54. The van der Waals surface area contributed by atoms with Crippen molar-refractivity contribution in [1.82, 2.24) is 5.32 Å². The van der Waals surface area contributed by atoms with Crippen LogP contribution in [0, 0.1) is 11.6 Å². The van der Waals surface area contributed by atoms with Crippen LogP contribution in [0.1, 0.15) is 30.6 Å². The Balaban J connectivity index is 2.80. The Hall–Kier alpha value is -1.29. The molecule has 0 spiro atoms. The number of rotatable bonds is 5. The molecule has 0 aliphatic carbocycles. The molecule has 2 nitrogen and oxygen atoms in total.